The summed E-state index contributed by atoms with van der Waals surface area (Å²) in [4.78, 5) is 11.8. The molecule has 1 amide bonds. The third-order valence-electron chi connectivity index (χ3n) is 3.08. The number of thioether (sulfide) groups is 1. The highest BCUT2D eigenvalue weighted by atomic mass is 35.5. The first-order valence-electron chi connectivity index (χ1n) is 7.46. The lowest BCUT2D eigenvalue weighted by molar-refractivity contribution is -0.113. The zero-order chi connectivity index (χ0) is 16.5. The van der Waals surface area contributed by atoms with E-state index in [4.69, 9.17) is 16.3 Å². The molecule has 0 atom stereocenters. The van der Waals surface area contributed by atoms with Gasteiger partial charge < -0.3 is 10.1 Å². The number of benzene rings is 2. The summed E-state index contributed by atoms with van der Waals surface area (Å²) in [6.07, 6.45) is 0.909. The van der Waals surface area contributed by atoms with E-state index >= 15 is 0 Å². The van der Waals surface area contributed by atoms with Crippen LogP contribution in [0.5, 0.6) is 5.75 Å². The lowest BCUT2D eigenvalue weighted by Crippen LogP contribution is -2.14. The van der Waals surface area contributed by atoms with Crippen LogP contribution in [0.4, 0.5) is 5.69 Å². The van der Waals surface area contributed by atoms with Gasteiger partial charge in [0, 0.05) is 10.7 Å². The lowest BCUT2D eigenvalue weighted by Gasteiger charge is -2.07. The first-order valence-corrected chi connectivity index (χ1v) is 8.99. The lowest BCUT2D eigenvalue weighted by atomic mass is 10.2. The van der Waals surface area contributed by atoms with Gasteiger partial charge in [0.25, 0.3) is 0 Å². The molecule has 0 saturated carbocycles. The molecule has 2 aromatic carbocycles. The molecule has 3 nitrogen and oxygen atoms in total. The van der Waals surface area contributed by atoms with E-state index in [0.717, 1.165) is 23.6 Å². The number of rotatable bonds is 8. The number of hydrogen-bond acceptors (Lipinski definition) is 3. The summed E-state index contributed by atoms with van der Waals surface area (Å²) in [5.74, 6) is 2.21. The molecule has 23 heavy (non-hydrogen) atoms. The van der Waals surface area contributed by atoms with Crippen LogP contribution >= 0.6 is 23.4 Å². The number of anilines is 1. The maximum absolute atomic E-state index is 11.8. The van der Waals surface area contributed by atoms with Crippen molar-refractivity contribution in [3.63, 3.8) is 0 Å². The highest BCUT2D eigenvalue weighted by molar-refractivity contribution is 7.99. The predicted octanol–water partition coefficient (Wildman–Crippen LogP) is 4.79. The van der Waals surface area contributed by atoms with Gasteiger partial charge in [-0.05, 0) is 55.5 Å². The minimum Gasteiger partial charge on any atom is -0.494 e. The van der Waals surface area contributed by atoms with Crippen LogP contribution in [0.3, 0.4) is 0 Å². The summed E-state index contributed by atoms with van der Waals surface area (Å²) < 4.78 is 5.65. The van der Waals surface area contributed by atoms with Crippen LogP contribution in [-0.2, 0) is 4.79 Å². The van der Waals surface area contributed by atoms with E-state index in [1.165, 1.54) is 5.56 Å². The van der Waals surface area contributed by atoms with Crippen LogP contribution in [0.2, 0.25) is 5.02 Å². The van der Waals surface area contributed by atoms with Crippen LogP contribution in [0, 0.1) is 6.92 Å². The quantitative estimate of drug-likeness (QED) is 0.696. The van der Waals surface area contributed by atoms with Crippen molar-refractivity contribution in [2.45, 2.75) is 13.3 Å². The van der Waals surface area contributed by atoms with Crippen LogP contribution in [0.15, 0.2) is 48.5 Å². The fourth-order valence-corrected chi connectivity index (χ4v) is 2.73. The van der Waals surface area contributed by atoms with Crippen LogP contribution in [0.25, 0.3) is 0 Å². The van der Waals surface area contributed by atoms with E-state index in [0.29, 0.717) is 17.4 Å². The average Bonchev–Trinajstić information content (AvgIpc) is 2.54. The molecule has 5 heteroatoms. The molecule has 0 heterocycles. The highest BCUT2D eigenvalue weighted by Gasteiger charge is 2.02. The standard InChI is InChI=1S/C18H20ClNO2S/c1-14-3-9-17(10-4-14)22-11-2-12-23-13-18(21)20-16-7-5-15(19)6-8-16/h3-10H,2,11-13H2,1H3,(H,20,21). The van der Waals surface area contributed by atoms with Gasteiger partial charge in [0.2, 0.25) is 5.91 Å². The number of carbonyl (C=O) groups is 1. The molecule has 0 spiro atoms. The molecule has 0 aliphatic carbocycles. The van der Waals surface area contributed by atoms with Crippen molar-refractivity contribution in [3.05, 3.63) is 59.1 Å². The second kappa shape index (κ2) is 9.48. The summed E-state index contributed by atoms with van der Waals surface area (Å²) >= 11 is 7.41. The molecule has 1 N–H and O–H groups in total. The van der Waals surface area contributed by atoms with Crippen molar-refractivity contribution in [3.8, 4) is 5.75 Å². The molecular weight excluding hydrogens is 330 g/mol. The third-order valence-corrected chi connectivity index (χ3v) is 4.38. The molecule has 0 saturated heterocycles. The van der Waals surface area contributed by atoms with Gasteiger partial charge in [0.05, 0.1) is 12.4 Å². The first-order chi connectivity index (χ1) is 11.1. The summed E-state index contributed by atoms with van der Waals surface area (Å²) in [7, 11) is 0. The Labute approximate surface area is 146 Å². The van der Waals surface area contributed by atoms with Crippen molar-refractivity contribution < 1.29 is 9.53 Å². The second-order valence-corrected chi connectivity index (χ2v) is 6.66. The van der Waals surface area contributed by atoms with Crippen molar-refractivity contribution in [1.29, 1.82) is 0 Å². The number of nitrogens with one attached hydrogen (secondary N) is 1. The van der Waals surface area contributed by atoms with Gasteiger partial charge in [-0.1, -0.05) is 29.3 Å². The number of halogens is 1. The molecule has 0 unspecified atom stereocenters. The van der Waals surface area contributed by atoms with Crippen molar-refractivity contribution >= 4 is 35.0 Å². The fourth-order valence-electron chi connectivity index (χ4n) is 1.88. The smallest absolute Gasteiger partial charge is 0.234 e. The van der Waals surface area contributed by atoms with Crippen molar-refractivity contribution in [1.82, 2.24) is 0 Å². The maximum Gasteiger partial charge on any atom is 0.234 e. The van der Waals surface area contributed by atoms with E-state index in [-0.39, 0.29) is 5.91 Å². The largest absolute Gasteiger partial charge is 0.494 e. The third kappa shape index (κ3) is 6.97. The maximum atomic E-state index is 11.8. The summed E-state index contributed by atoms with van der Waals surface area (Å²) in [5.41, 5.74) is 1.99. The Morgan fingerprint density at radius 1 is 1.13 bits per heavy atom. The van der Waals surface area contributed by atoms with Gasteiger partial charge in [0.1, 0.15) is 5.75 Å². The van der Waals surface area contributed by atoms with Gasteiger partial charge >= 0.3 is 0 Å². The highest BCUT2D eigenvalue weighted by Crippen LogP contribution is 2.14. The second-order valence-electron chi connectivity index (χ2n) is 5.12. The number of amides is 1. The fraction of sp³-hybridized carbons (Fsp3) is 0.278. The SMILES string of the molecule is Cc1ccc(OCCCSCC(=O)Nc2ccc(Cl)cc2)cc1. The molecule has 2 rings (SSSR count). The van der Waals surface area contributed by atoms with Crippen molar-refractivity contribution in [2.75, 3.05) is 23.4 Å². The Balaban J connectivity index is 1.55. The minimum atomic E-state index is -0.00299. The minimum absolute atomic E-state index is 0.00299. The van der Waals surface area contributed by atoms with Crippen LogP contribution in [0.1, 0.15) is 12.0 Å². The summed E-state index contributed by atoms with van der Waals surface area (Å²) in [6.45, 7) is 2.71. The van der Waals surface area contributed by atoms with E-state index in [2.05, 4.69) is 12.2 Å². The number of hydrogen-bond donors (Lipinski definition) is 1. The zero-order valence-corrected chi connectivity index (χ0v) is 14.6. The molecular formula is C18H20ClNO2S. The first kappa shape index (κ1) is 17.7. The average molecular weight is 350 g/mol. The van der Waals surface area contributed by atoms with E-state index in [1.54, 1.807) is 36.0 Å². The normalized spacial score (nSPS) is 10.3. The molecule has 0 aliphatic heterocycles. The Kier molecular flexibility index (Phi) is 7.30. The van der Waals surface area contributed by atoms with Gasteiger partial charge in [-0.3, -0.25) is 4.79 Å². The van der Waals surface area contributed by atoms with Gasteiger partial charge in [-0.15, -0.1) is 0 Å². The van der Waals surface area contributed by atoms with Crippen molar-refractivity contribution in [2.24, 2.45) is 0 Å². The topological polar surface area (TPSA) is 38.3 Å². The van der Waals surface area contributed by atoms with Crippen LogP contribution in [-0.4, -0.2) is 24.0 Å². The predicted molar refractivity (Wildman–Crippen MR) is 98.7 cm³/mol. The van der Waals surface area contributed by atoms with E-state index < -0.39 is 0 Å². The Morgan fingerprint density at radius 3 is 2.52 bits per heavy atom. The van der Waals surface area contributed by atoms with Gasteiger partial charge in [-0.2, -0.15) is 11.8 Å². The Hall–Kier alpha value is -1.65. The molecule has 0 fully saturated rings. The summed E-state index contributed by atoms with van der Waals surface area (Å²) in [6, 6.07) is 15.1. The van der Waals surface area contributed by atoms with E-state index in [1.807, 2.05) is 24.3 Å². The molecule has 0 radical (unpaired) electrons. The van der Waals surface area contributed by atoms with Gasteiger partial charge in [-0.25, -0.2) is 0 Å². The monoisotopic (exact) mass is 349 g/mol. The number of carbonyl (C=O) groups excluding carboxylic acids is 1. The number of ether oxygens (including phenoxy) is 1. The summed E-state index contributed by atoms with van der Waals surface area (Å²) in [5, 5.41) is 3.50. The zero-order valence-electron chi connectivity index (χ0n) is 13.0. The van der Waals surface area contributed by atoms with Crippen LogP contribution < -0.4 is 10.1 Å². The molecule has 0 aromatic heterocycles. The number of aryl methyl sites for hydroxylation is 1. The molecule has 0 bridgehead atoms. The molecule has 2 aromatic rings. The van der Waals surface area contributed by atoms with Gasteiger partial charge in [0.15, 0.2) is 0 Å². The Bertz CT molecular complexity index is 614. The molecule has 0 aliphatic rings. The molecule has 122 valence electrons. The van der Waals surface area contributed by atoms with E-state index in [9.17, 15) is 4.79 Å². The Morgan fingerprint density at radius 2 is 1.83 bits per heavy atom.